The van der Waals surface area contributed by atoms with E-state index in [2.05, 4.69) is 0 Å². The number of para-hydroxylation sites is 1. The van der Waals surface area contributed by atoms with Gasteiger partial charge in [-0.1, -0.05) is 12.1 Å². The molecule has 130 valence electrons. The highest BCUT2D eigenvalue weighted by molar-refractivity contribution is 5.94. The summed E-state index contributed by atoms with van der Waals surface area (Å²) in [5, 5.41) is 8.96. The third-order valence-electron chi connectivity index (χ3n) is 4.50. The van der Waals surface area contributed by atoms with Crippen molar-refractivity contribution in [2.75, 3.05) is 19.8 Å². The summed E-state index contributed by atoms with van der Waals surface area (Å²) >= 11 is 0. The molecule has 0 bridgehead atoms. The molecule has 3 heterocycles. The van der Waals surface area contributed by atoms with Gasteiger partial charge in [-0.25, -0.2) is 4.79 Å². The molecule has 1 aromatic heterocycles. The summed E-state index contributed by atoms with van der Waals surface area (Å²) in [5.74, 6) is -0.346. The number of benzene rings is 1. The lowest BCUT2D eigenvalue weighted by atomic mass is 10.0. The molecule has 2 aromatic rings. The Labute approximate surface area is 143 Å². The van der Waals surface area contributed by atoms with Gasteiger partial charge in [-0.05, 0) is 31.0 Å². The van der Waals surface area contributed by atoms with Crippen molar-refractivity contribution in [2.24, 2.45) is 0 Å². The van der Waals surface area contributed by atoms with Crippen molar-refractivity contribution in [1.82, 2.24) is 4.90 Å². The number of amides is 1. The van der Waals surface area contributed by atoms with Gasteiger partial charge < -0.3 is 23.9 Å². The highest BCUT2D eigenvalue weighted by Crippen LogP contribution is 2.43. The van der Waals surface area contributed by atoms with E-state index in [1.807, 2.05) is 18.2 Å². The molecule has 1 saturated heterocycles. The second kappa shape index (κ2) is 6.16. The van der Waals surface area contributed by atoms with Gasteiger partial charge in [-0.3, -0.25) is 4.79 Å². The van der Waals surface area contributed by atoms with Crippen molar-refractivity contribution in [2.45, 2.75) is 18.9 Å². The zero-order valence-corrected chi connectivity index (χ0v) is 13.4. The van der Waals surface area contributed by atoms with Crippen LogP contribution in [0.1, 0.15) is 45.6 Å². The number of rotatable bonds is 3. The summed E-state index contributed by atoms with van der Waals surface area (Å²) in [5.41, 5.74) is 0.910. The van der Waals surface area contributed by atoms with Gasteiger partial charge in [0.2, 0.25) is 5.76 Å². The topological polar surface area (TPSA) is 89.2 Å². The van der Waals surface area contributed by atoms with Gasteiger partial charge in [0.1, 0.15) is 13.2 Å². The van der Waals surface area contributed by atoms with Crippen LogP contribution in [-0.2, 0) is 0 Å². The van der Waals surface area contributed by atoms with Crippen LogP contribution in [0.3, 0.4) is 0 Å². The Morgan fingerprint density at radius 1 is 1.08 bits per heavy atom. The first-order valence-corrected chi connectivity index (χ1v) is 8.18. The predicted molar refractivity (Wildman–Crippen MR) is 86.1 cm³/mol. The lowest BCUT2D eigenvalue weighted by Gasteiger charge is -2.28. The van der Waals surface area contributed by atoms with Crippen LogP contribution in [0.15, 0.2) is 34.7 Å². The number of carboxylic acids is 1. The zero-order chi connectivity index (χ0) is 17.4. The van der Waals surface area contributed by atoms with Gasteiger partial charge in [0, 0.05) is 12.1 Å². The first-order valence-electron chi connectivity index (χ1n) is 8.18. The number of carbonyl (C=O) groups excluding carboxylic acids is 1. The number of nitrogens with zero attached hydrogens (tertiary/aromatic N) is 1. The van der Waals surface area contributed by atoms with E-state index in [0.29, 0.717) is 31.3 Å². The minimum absolute atomic E-state index is 0.0336. The molecule has 0 unspecified atom stereocenters. The molecule has 0 spiro atoms. The maximum Gasteiger partial charge on any atom is 0.371 e. The molecule has 25 heavy (non-hydrogen) atoms. The molecule has 7 nitrogen and oxygen atoms in total. The van der Waals surface area contributed by atoms with E-state index in [4.69, 9.17) is 19.0 Å². The average molecular weight is 343 g/mol. The molecular formula is C18H17NO6. The van der Waals surface area contributed by atoms with E-state index in [0.717, 1.165) is 18.4 Å². The number of hydrogen-bond acceptors (Lipinski definition) is 5. The van der Waals surface area contributed by atoms with Gasteiger partial charge in [0.05, 0.1) is 6.04 Å². The number of hydrogen-bond donors (Lipinski definition) is 1. The van der Waals surface area contributed by atoms with Crippen molar-refractivity contribution in [3.63, 3.8) is 0 Å². The summed E-state index contributed by atoms with van der Waals surface area (Å²) in [6.45, 7) is 1.57. The Balaban J connectivity index is 1.64. The van der Waals surface area contributed by atoms with Crippen LogP contribution in [0.25, 0.3) is 0 Å². The lowest BCUT2D eigenvalue weighted by molar-refractivity contribution is 0.0644. The molecule has 4 rings (SSSR count). The summed E-state index contributed by atoms with van der Waals surface area (Å²) in [6, 6.07) is 8.23. The molecule has 0 radical (unpaired) electrons. The first-order chi connectivity index (χ1) is 12.1. The van der Waals surface area contributed by atoms with Gasteiger partial charge >= 0.3 is 5.97 Å². The lowest BCUT2D eigenvalue weighted by Crippen LogP contribution is -2.31. The summed E-state index contributed by atoms with van der Waals surface area (Å²) in [7, 11) is 0. The van der Waals surface area contributed by atoms with E-state index in [9.17, 15) is 9.59 Å². The molecule has 1 N–H and O–H groups in total. The van der Waals surface area contributed by atoms with Crippen LogP contribution in [0, 0.1) is 0 Å². The first kappa shape index (κ1) is 15.6. The monoisotopic (exact) mass is 343 g/mol. The molecule has 1 aromatic carbocycles. The molecule has 0 saturated carbocycles. The Kier molecular flexibility index (Phi) is 3.83. The van der Waals surface area contributed by atoms with E-state index in [-0.39, 0.29) is 23.5 Å². The molecule has 1 atom stereocenters. The highest BCUT2D eigenvalue weighted by atomic mass is 16.6. The minimum Gasteiger partial charge on any atom is -0.486 e. The third-order valence-corrected chi connectivity index (χ3v) is 4.50. The second-order valence-electron chi connectivity index (χ2n) is 6.00. The maximum atomic E-state index is 12.8. The van der Waals surface area contributed by atoms with Gasteiger partial charge in [-0.15, -0.1) is 0 Å². The van der Waals surface area contributed by atoms with Crippen molar-refractivity contribution < 1.29 is 28.6 Å². The van der Waals surface area contributed by atoms with Crippen LogP contribution in [0.4, 0.5) is 0 Å². The fourth-order valence-electron chi connectivity index (χ4n) is 3.40. The van der Waals surface area contributed by atoms with Crippen LogP contribution in [0.2, 0.25) is 0 Å². The van der Waals surface area contributed by atoms with Gasteiger partial charge in [0.25, 0.3) is 5.91 Å². The molecule has 7 heteroatoms. The van der Waals surface area contributed by atoms with Crippen LogP contribution >= 0.6 is 0 Å². The largest absolute Gasteiger partial charge is 0.486 e. The highest BCUT2D eigenvalue weighted by Gasteiger charge is 2.35. The smallest absolute Gasteiger partial charge is 0.371 e. The Hall–Kier alpha value is -2.96. The molecular weight excluding hydrogens is 326 g/mol. The van der Waals surface area contributed by atoms with E-state index < -0.39 is 5.97 Å². The summed E-state index contributed by atoms with van der Waals surface area (Å²) in [6.07, 6.45) is 1.66. The average Bonchev–Trinajstić information content (AvgIpc) is 3.30. The Bertz CT molecular complexity index is 827. The molecule has 2 aliphatic rings. The number of aromatic carboxylic acids is 1. The van der Waals surface area contributed by atoms with Crippen LogP contribution in [0.5, 0.6) is 11.5 Å². The van der Waals surface area contributed by atoms with Crippen molar-refractivity contribution in [3.05, 3.63) is 47.4 Å². The van der Waals surface area contributed by atoms with E-state index in [1.165, 1.54) is 12.1 Å². The number of likely N-dealkylation sites (tertiary alicyclic amines) is 1. The molecule has 1 amide bonds. The van der Waals surface area contributed by atoms with Crippen molar-refractivity contribution >= 4 is 11.9 Å². The summed E-state index contributed by atoms with van der Waals surface area (Å²) < 4.78 is 16.6. The fraction of sp³-hybridized carbons (Fsp3) is 0.333. The van der Waals surface area contributed by atoms with E-state index >= 15 is 0 Å². The second-order valence-corrected chi connectivity index (χ2v) is 6.00. The van der Waals surface area contributed by atoms with Crippen molar-refractivity contribution in [3.8, 4) is 11.5 Å². The number of fused-ring (bicyclic) bond motifs is 1. The Morgan fingerprint density at radius 2 is 1.88 bits per heavy atom. The zero-order valence-electron chi connectivity index (χ0n) is 13.4. The van der Waals surface area contributed by atoms with E-state index in [1.54, 1.807) is 4.90 Å². The number of carbonyl (C=O) groups is 2. The molecule has 2 aliphatic heterocycles. The molecule has 0 aliphatic carbocycles. The SMILES string of the molecule is O=C(O)c1ccc(C(=O)N2CCC[C@H]2c2cccc3c2OCCO3)o1. The fourth-order valence-corrected chi connectivity index (χ4v) is 3.40. The predicted octanol–water partition coefficient (Wildman–Crippen LogP) is 2.73. The number of carboxylic acid groups (broad SMARTS) is 1. The number of furan rings is 1. The van der Waals surface area contributed by atoms with Gasteiger partial charge in [0.15, 0.2) is 17.3 Å². The maximum absolute atomic E-state index is 12.8. The van der Waals surface area contributed by atoms with Crippen LogP contribution in [-0.4, -0.2) is 41.6 Å². The van der Waals surface area contributed by atoms with Crippen molar-refractivity contribution in [1.29, 1.82) is 0 Å². The quantitative estimate of drug-likeness (QED) is 0.922. The standard InChI is InChI=1S/C18H17NO6/c20-17(14-6-7-15(25-14)18(21)22)19-8-2-4-12(19)11-3-1-5-13-16(11)24-10-9-23-13/h1,3,5-7,12H,2,4,8-10H2,(H,21,22)/t12-/m0/s1. The van der Waals surface area contributed by atoms with Gasteiger partial charge in [-0.2, -0.15) is 0 Å². The third kappa shape index (κ3) is 2.71. The normalized spacial score (nSPS) is 19.0. The molecule has 1 fully saturated rings. The minimum atomic E-state index is -1.19. The number of ether oxygens (including phenoxy) is 2. The van der Waals surface area contributed by atoms with Crippen LogP contribution < -0.4 is 9.47 Å². The Morgan fingerprint density at radius 3 is 2.68 bits per heavy atom. The summed E-state index contributed by atoms with van der Waals surface area (Å²) in [4.78, 5) is 25.5.